The number of piperidine rings is 1. The van der Waals surface area contributed by atoms with Gasteiger partial charge in [0, 0.05) is 9.75 Å². The van der Waals surface area contributed by atoms with E-state index in [0.717, 1.165) is 11.8 Å². The zero-order chi connectivity index (χ0) is 10.1. The van der Waals surface area contributed by atoms with Gasteiger partial charge in [0.15, 0.2) is 0 Å². The van der Waals surface area contributed by atoms with E-state index < -0.39 is 0 Å². The third-order valence-electron chi connectivity index (χ3n) is 3.26. The van der Waals surface area contributed by atoms with E-state index in [1.807, 2.05) is 11.3 Å². The van der Waals surface area contributed by atoms with Gasteiger partial charge in [-0.2, -0.15) is 0 Å². The molecule has 0 aliphatic carbocycles. The summed E-state index contributed by atoms with van der Waals surface area (Å²) < 4.78 is 0. The van der Waals surface area contributed by atoms with Crippen LogP contribution in [0.15, 0.2) is 6.07 Å². The summed E-state index contributed by atoms with van der Waals surface area (Å²) in [4.78, 5) is 2.99. The molecular weight excluding hydrogens is 190 g/mol. The summed E-state index contributed by atoms with van der Waals surface area (Å²) in [5, 5.41) is 3.46. The van der Waals surface area contributed by atoms with Gasteiger partial charge in [-0.25, -0.2) is 0 Å². The quantitative estimate of drug-likeness (QED) is 0.749. The molecule has 1 aromatic heterocycles. The highest BCUT2D eigenvalue weighted by Gasteiger charge is 2.24. The zero-order valence-corrected chi connectivity index (χ0v) is 10.1. The molecule has 2 heteroatoms. The molecule has 1 N–H and O–H groups in total. The second-order valence-corrected chi connectivity index (χ2v) is 5.91. The van der Waals surface area contributed by atoms with Crippen molar-refractivity contribution in [3.8, 4) is 0 Å². The van der Waals surface area contributed by atoms with Crippen LogP contribution < -0.4 is 5.32 Å². The van der Waals surface area contributed by atoms with Crippen LogP contribution in [0.25, 0.3) is 0 Å². The maximum Gasteiger partial charge on any atom is 0.00519 e. The molecule has 2 unspecified atom stereocenters. The van der Waals surface area contributed by atoms with Crippen molar-refractivity contribution in [2.24, 2.45) is 5.92 Å². The van der Waals surface area contributed by atoms with E-state index in [2.05, 4.69) is 32.2 Å². The third kappa shape index (κ3) is 1.86. The smallest absolute Gasteiger partial charge is 0.00519 e. The van der Waals surface area contributed by atoms with Crippen molar-refractivity contribution in [2.45, 2.75) is 33.1 Å². The Balaban J connectivity index is 2.24. The highest BCUT2D eigenvalue weighted by atomic mass is 32.1. The monoisotopic (exact) mass is 209 g/mol. The van der Waals surface area contributed by atoms with Crippen molar-refractivity contribution in [3.05, 3.63) is 21.4 Å². The second kappa shape index (κ2) is 4.03. The molecule has 2 atom stereocenters. The standard InChI is InChI=1S/C12H19NS/c1-8-7-13-5-4-11(8)12-6-9(2)14-10(12)3/h6,8,11,13H,4-5,7H2,1-3H3. The van der Waals surface area contributed by atoms with Crippen molar-refractivity contribution in [3.63, 3.8) is 0 Å². The van der Waals surface area contributed by atoms with Gasteiger partial charge in [-0.1, -0.05) is 6.92 Å². The Kier molecular flexibility index (Phi) is 2.93. The van der Waals surface area contributed by atoms with Crippen LogP contribution in [0.1, 0.15) is 34.6 Å². The Morgan fingerprint density at radius 2 is 2.21 bits per heavy atom. The lowest BCUT2D eigenvalue weighted by molar-refractivity contribution is 0.349. The molecular formula is C12H19NS. The topological polar surface area (TPSA) is 12.0 Å². The first-order chi connectivity index (χ1) is 6.68. The molecule has 0 spiro atoms. The summed E-state index contributed by atoms with van der Waals surface area (Å²) in [7, 11) is 0. The number of aryl methyl sites for hydroxylation is 2. The third-order valence-corrected chi connectivity index (χ3v) is 4.25. The zero-order valence-electron chi connectivity index (χ0n) is 9.26. The largest absolute Gasteiger partial charge is 0.316 e. The van der Waals surface area contributed by atoms with Gasteiger partial charge in [0.25, 0.3) is 0 Å². The van der Waals surface area contributed by atoms with Crippen molar-refractivity contribution in [1.82, 2.24) is 5.32 Å². The van der Waals surface area contributed by atoms with Gasteiger partial charge in [-0.05, 0) is 56.8 Å². The lowest BCUT2D eigenvalue weighted by atomic mass is 9.82. The van der Waals surface area contributed by atoms with Gasteiger partial charge in [0.05, 0.1) is 0 Å². The van der Waals surface area contributed by atoms with Gasteiger partial charge in [0.1, 0.15) is 0 Å². The Labute approximate surface area is 90.5 Å². The van der Waals surface area contributed by atoms with E-state index in [-0.39, 0.29) is 0 Å². The molecule has 14 heavy (non-hydrogen) atoms. The Bertz CT molecular complexity index is 316. The lowest BCUT2D eigenvalue weighted by Crippen LogP contribution is -2.33. The van der Waals surface area contributed by atoms with Gasteiger partial charge >= 0.3 is 0 Å². The molecule has 2 rings (SSSR count). The molecule has 1 fully saturated rings. The number of nitrogens with one attached hydrogen (secondary N) is 1. The molecule has 1 saturated heterocycles. The van der Waals surface area contributed by atoms with Crippen LogP contribution in [-0.4, -0.2) is 13.1 Å². The molecule has 0 radical (unpaired) electrons. The van der Waals surface area contributed by atoms with Gasteiger partial charge in [-0.3, -0.25) is 0 Å². The maximum atomic E-state index is 3.46. The summed E-state index contributed by atoms with van der Waals surface area (Å²) in [5.41, 5.74) is 1.61. The van der Waals surface area contributed by atoms with Crippen LogP contribution in [0, 0.1) is 19.8 Å². The molecule has 0 amide bonds. The van der Waals surface area contributed by atoms with Gasteiger partial charge in [-0.15, -0.1) is 11.3 Å². The number of rotatable bonds is 1. The van der Waals surface area contributed by atoms with Crippen LogP contribution in [0.2, 0.25) is 0 Å². The van der Waals surface area contributed by atoms with Crippen LogP contribution in [-0.2, 0) is 0 Å². The fraction of sp³-hybridized carbons (Fsp3) is 0.667. The predicted molar refractivity (Wildman–Crippen MR) is 63.2 cm³/mol. The molecule has 2 heterocycles. The van der Waals surface area contributed by atoms with E-state index in [1.165, 1.54) is 29.3 Å². The highest BCUT2D eigenvalue weighted by Crippen LogP contribution is 2.35. The SMILES string of the molecule is Cc1cc(C2CCNCC2C)c(C)s1. The van der Waals surface area contributed by atoms with Crippen LogP contribution in [0.4, 0.5) is 0 Å². The van der Waals surface area contributed by atoms with E-state index in [4.69, 9.17) is 0 Å². The maximum absolute atomic E-state index is 3.46. The van der Waals surface area contributed by atoms with Crippen molar-refractivity contribution >= 4 is 11.3 Å². The number of hydrogen-bond donors (Lipinski definition) is 1. The predicted octanol–water partition coefficient (Wildman–Crippen LogP) is 3.08. The normalized spacial score (nSPS) is 27.9. The van der Waals surface area contributed by atoms with Crippen molar-refractivity contribution in [2.75, 3.05) is 13.1 Å². The minimum atomic E-state index is 0.788. The molecule has 0 aromatic carbocycles. The van der Waals surface area contributed by atoms with Gasteiger partial charge in [0.2, 0.25) is 0 Å². The van der Waals surface area contributed by atoms with Crippen LogP contribution >= 0.6 is 11.3 Å². The molecule has 1 aliphatic heterocycles. The second-order valence-electron chi connectivity index (χ2n) is 4.45. The molecule has 1 aromatic rings. The van der Waals surface area contributed by atoms with E-state index in [9.17, 15) is 0 Å². The first-order valence-corrected chi connectivity index (χ1v) is 6.28. The fourth-order valence-electron chi connectivity index (χ4n) is 2.49. The van der Waals surface area contributed by atoms with Crippen molar-refractivity contribution in [1.29, 1.82) is 0 Å². The molecule has 0 bridgehead atoms. The minimum Gasteiger partial charge on any atom is -0.316 e. The van der Waals surface area contributed by atoms with E-state index in [0.29, 0.717) is 0 Å². The first-order valence-electron chi connectivity index (χ1n) is 5.46. The molecule has 78 valence electrons. The summed E-state index contributed by atoms with van der Waals surface area (Å²) >= 11 is 1.94. The molecule has 1 nitrogen and oxygen atoms in total. The van der Waals surface area contributed by atoms with Gasteiger partial charge < -0.3 is 5.32 Å². The highest BCUT2D eigenvalue weighted by molar-refractivity contribution is 7.12. The number of hydrogen-bond acceptors (Lipinski definition) is 2. The average Bonchev–Trinajstić information content (AvgIpc) is 2.46. The molecule has 0 saturated carbocycles. The van der Waals surface area contributed by atoms with Crippen LogP contribution in [0.5, 0.6) is 0 Å². The average molecular weight is 209 g/mol. The number of thiophene rings is 1. The summed E-state index contributed by atoms with van der Waals surface area (Å²) in [5.74, 6) is 1.58. The summed E-state index contributed by atoms with van der Waals surface area (Å²) in [6.45, 7) is 9.21. The van der Waals surface area contributed by atoms with Crippen molar-refractivity contribution < 1.29 is 0 Å². The van der Waals surface area contributed by atoms with E-state index in [1.54, 1.807) is 5.56 Å². The fourth-order valence-corrected chi connectivity index (χ4v) is 3.49. The lowest BCUT2D eigenvalue weighted by Gasteiger charge is -2.29. The summed E-state index contributed by atoms with van der Waals surface area (Å²) in [6, 6.07) is 2.40. The minimum absolute atomic E-state index is 0.788. The Hall–Kier alpha value is -0.340. The van der Waals surface area contributed by atoms with Crippen LogP contribution in [0.3, 0.4) is 0 Å². The molecule has 1 aliphatic rings. The first kappa shape index (κ1) is 10.2. The van der Waals surface area contributed by atoms with E-state index >= 15 is 0 Å². The summed E-state index contributed by atoms with van der Waals surface area (Å²) in [6.07, 6.45) is 1.30. The Morgan fingerprint density at radius 3 is 2.79 bits per heavy atom. The Morgan fingerprint density at radius 1 is 1.43 bits per heavy atom.